The van der Waals surface area contributed by atoms with Crippen molar-refractivity contribution in [3.8, 4) is 11.5 Å². The lowest BCUT2D eigenvalue weighted by molar-refractivity contribution is -0.118. The number of carbonyl (C=O) groups is 1. The first-order chi connectivity index (χ1) is 18.3. The van der Waals surface area contributed by atoms with Crippen molar-refractivity contribution in [3.05, 3.63) is 91.9 Å². The van der Waals surface area contributed by atoms with Gasteiger partial charge in [-0.25, -0.2) is 4.98 Å². The molecule has 38 heavy (non-hydrogen) atoms. The average Bonchev–Trinajstić information content (AvgIpc) is 2.88. The molecular weight excluding hydrogens is 572 g/mol. The van der Waals surface area contributed by atoms with E-state index in [1.54, 1.807) is 36.4 Å². The minimum atomic E-state index is -0.337. The standard InChI is InChI=1S/C28H26BrClN4O4/c1-4-37-24-13-18(12-22(30)26(24)38-16-25(35)32-20-8-6-5-7-9-20)15-31-34-27(17(2)3)33-23-11-10-19(29)14-21(23)28(34)36/h5-15,17H,4,16H2,1-3H3,(H,32,35). The molecule has 1 heterocycles. The van der Waals surface area contributed by atoms with Crippen LogP contribution in [0.5, 0.6) is 11.5 Å². The largest absolute Gasteiger partial charge is 0.490 e. The zero-order chi connectivity index (χ0) is 27.2. The number of halogens is 2. The normalized spacial score (nSPS) is 11.3. The molecule has 0 aliphatic carbocycles. The van der Waals surface area contributed by atoms with Crippen molar-refractivity contribution in [1.29, 1.82) is 0 Å². The molecule has 0 saturated heterocycles. The second-order valence-corrected chi connectivity index (χ2v) is 9.94. The number of ether oxygens (including phenoxy) is 2. The van der Waals surface area contributed by atoms with Crippen LogP contribution in [0.1, 0.15) is 38.1 Å². The number of benzene rings is 3. The van der Waals surface area contributed by atoms with Gasteiger partial charge in [0.1, 0.15) is 5.82 Å². The van der Waals surface area contributed by atoms with Gasteiger partial charge in [0.25, 0.3) is 11.5 Å². The maximum atomic E-state index is 13.3. The molecule has 0 radical (unpaired) electrons. The SMILES string of the molecule is CCOc1cc(C=Nn2c(C(C)C)nc3ccc(Br)cc3c2=O)cc(Cl)c1OCC(=O)Nc1ccccc1. The Kier molecular flexibility index (Phi) is 8.81. The molecule has 0 atom stereocenters. The number of nitrogens with zero attached hydrogens (tertiary/aromatic N) is 3. The van der Waals surface area contributed by atoms with Gasteiger partial charge in [-0.05, 0) is 55.0 Å². The minimum absolute atomic E-state index is 0.0479. The Morgan fingerprint density at radius 3 is 2.63 bits per heavy atom. The highest BCUT2D eigenvalue weighted by atomic mass is 79.9. The summed E-state index contributed by atoms with van der Waals surface area (Å²) in [6.07, 6.45) is 1.51. The number of aromatic nitrogens is 2. The van der Waals surface area contributed by atoms with Crippen molar-refractivity contribution in [1.82, 2.24) is 9.66 Å². The van der Waals surface area contributed by atoms with Gasteiger partial charge in [0.2, 0.25) is 0 Å². The van der Waals surface area contributed by atoms with E-state index < -0.39 is 0 Å². The number of amides is 1. The van der Waals surface area contributed by atoms with Crippen LogP contribution in [0.25, 0.3) is 10.9 Å². The fraction of sp³-hybridized carbons (Fsp3) is 0.214. The van der Waals surface area contributed by atoms with Gasteiger partial charge in [-0.1, -0.05) is 59.6 Å². The second kappa shape index (κ2) is 12.2. The third-order valence-corrected chi connectivity index (χ3v) is 6.18. The monoisotopic (exact) mass is 596 g/mol. The van der Waals surface area contributed by atoms with E-state index in [9.17, 15) is 9.59 Å². The number of fused-ring (bicyclic) bond motifs is 1. The van der Waals surface area contributed by atoms with E-state index in [1.165, 1.54) is 10.9 Å². The van der Waals surface area contributed by atoms with Crippen molar-refractivity contribution in [3.63, 3.8) is 0 Å². The molecule has 4 aromatic rings. The van der Waals surface area contributed by atoms with Crippen molar-refractivity contribution in [2.24, 2.45) is 5.10 Å². The van der Waals surface area contributed by atoms with E-state index in [1.807, 2.05) is 45.0 Å². The van der Waals surface area contributed by atoms with Gasteiger partial charge >= 0.3 is 0 Å². The first kappa shape index (κ1) is 27.3. The fourth-order valence-corrected chi connectivity index (χ4v) is 4.33. The molecule has 0 aliphatic heterocycles. The van der Waals surface area contributed by atoms with E-state index in [-0.39, 0.29) is 34.8 Å². The lowest BCUT2D eigenvalue weighted by Gasteiger charge is -2.15. The lowest BCUT2D eigenvalue weighted by atomic mass is 10.2. The van der Waals surface area contributed by atoms with E-state index >= 15 is 0 Å². The highest BCUT2D eigenvalue weighted by Crippen LogP contribution is 2.36. The lowest BCUT2D eigenvalue weighted by Crippen LogP contribution is -2.23. The van der Waals surface area contributed by atoms with E-state index in [0.29, 0.717) is 40.3 Å². The third-order valence-electron chi connectivity index (χ3n) is 5.41. The van der Waals surface area contributed by atoms with Crippen LogP contribution in [-0.4, -0.2) is 35.0 Å². The number of hydrogen-bond donors (Lipinski definition) is 1. The summed E-state index contributed by atoms with van der Waals surface area (Å²) in [7, 11) is 0. The Balaban J connectivity index is 1.62. The number of nitrogens with one attached hydrogen (secondary N) is 1. The molecule has 1 amide bonds. The van der Waals surface area contributed by atoms with Crippen LogP contribution < -0.4 is 20.3 Å². The van der Waals surface area contributed by atoms with Crippen molar-refractivity contribution in [2.45, 2.75) is 26.7 Å². The van der Waals surface area contributed by atoms with Crippen LogP contribution in [0.15, 0.2) is 75.0 Å². The molecule has 10 heteroatoms. The maximum Gasteiger partial charge on any atom is 0.282 e. The zero-order valence-corrected chi connectivity index (χ0v) is 23.4. The van der Waals surface area contributed by atoms with Crippen LogP contribution in [-0.2, 0) is 4.79 Å². The number of carbonyl (C=O) groups excluding carboxylic acids is 1. The molecule has 0 unspecified atom stereocenters. The average molecular weight is 598 g/mol. The number of rotatable bonds is 9. The smallest absolute Gasteiger partial charge is 0.282 e. The first-order valence-corrected chi connectivity index (χ1v) is 13.1. The predicted molar refractivity (Wildman–Crippen MR) is 154 cm³/mol. The molecule has 3 aromatic carbocycles. The van der Waals surface area contributed by atoms with Crippen LogP contribution in [0.3, 0.4) is 0 Å². The Labute approximate surface area is 233 Å². The molecule has 0 spiro atoms. The summed E-state index contributed by atoms with van der Waals surface area (Å²) in [5.41, 5.74) is 1.57. The first-order valence-electron chi connectivity index (χ1n) is 12.0. The second-order valence-electron chi connectivity index (χ2n) is 8.61. The van der Waals surface area contributed by atoms with Crippen LogP contribution in [0.2, 0.25) is 5.02 Å². The summed E-state index contributed by atoms with van der Waals surface area (Å²) in [6.45, 7) is 5.82. The van der Waals surface area contributed by atoms with Gasteiger partial charge < -0.3 is 14.8 Å². The number of anilines is 1. The number of hydrogen-bond acceptors (Lipinski definition) is 6. The van der Waals surface area contributed by atoms with E-state index in [2.05, 4.69) is 31.3 Å². The van der Waals surface area contributed by atoms with Gasteiger partial charge in [-0.3, -0.25) is 9.59 Å². The quantitative estimate of drug-likeness (QED) is 0.231. The molecule has 0 bridgehead atoms. The third kappa shape index (κ3) is 6.41. The molecular formula is C28H26BrClN4O4. The molecule has 1 N–H and O–H groups in total. The summed E-state index contributed by atoms with van der Waals surface area (Å²) < 4.78 is 13.5. The molecule has 8 nitrogen and oxygen atoms in total. The summed E-state index contributed by atoms with van der Waals surface area (Å²) in [6, 6.07) is 17.8. The van der Waals surface area contributed by atoms with Gasteiger partial charge in [0.05, 0.1) is 28.7 Å². The fourth-order valence-electron chi connectivity index (χ4n) is 3.70. The summed E-state index contributed by atoms with van der Waals surface area (Å²) in [5, 5.41) is 7.90. The molecule has 0 fully saturated rings. The topological polar surface area (TPSA) is 94.8 Å². The zero-order valence-electron chi connectivity index (χ0n) is 21.1. The van der Waals surface area contributed by atoms with Crippen molar-refractivity contribution < 1.29 is 14.3 Å². The van der Waals surface area contributed by atoms with Crippen molar-refractivity contribution in [2.75, 3.05) is 18.5 Å². The molecule has 196 valence electrons. The number of para-hydroxylation sites is 1. The molecule has 4 rings (SSSR count). The summed E-state index contributed by atoms with van der Waals surface area (Å²) in [5.74, 6) is 0.739. The Morgan fingerprint density at radius 2 is 1.92 bits per heavy atom. The predicted octanol–water partition coefficient (Wildman–Crippen LogP) is 6.23. The van der Waals surface area contributed by atoms with Gasteiger partial charge in [0.15, 0.2) is 18.1 Å². The van der Waals surface area contributed by atoms with Crippen LogP contribution in [0.4, 0.5) is 5.69 Å². The Bertz CT molecular complexity index is 1550. The van der Waals surface area contributed by atoms with Gasteiger partial charge in [-0.15, -0.1) is 0 Å². The molecule has 1 aromatic heterocycles. The highest BCUT2D eigenvalue weighted by molar-refractivity contribution is 9.10. The summed E-state index contributed by atoms with van der Waals surface area (Å²) in [4.78, 5) is 30.3. The van der Waals surface area contributed by atoms with Crippen molar-refractivity contribution >= 4 is 56.2 Å². The van der Waals surface area contributed by atoms with E-state index in [0.717, 1.165) is 4.47 Å². The summed E-state index contributed by atoms with van der Waals surface area (Å²) >= 11 is 9.93. The van der Waals surface area contributed by atoms with Crippen LogP contribution in [0, 0.1) is 0 Å². The molecule has 0 aliphatic rings. The Hall–Kier alpha value is -3.69. The van der Waals surface area contributed by atoms with E-state index in [4.69, 9.17) is 21.1 Å². The maximum absolute atomic E-state index is 13.3. The minimum Gasteiger partial charge on any atom is -0.490 e. The van der Waals surface area contributed by atoms with Gasteiger partial charge in [0, 0.05) is 16.1 Å². The Morgan fingerprint density at radius 1 is 1.16 bits per heavy atom. The molecule has 0 saturated carbocycles. The van der Waals surface area contributed by atoms with Gasteiger partial charge in [-0.2, -0.15) is 9.78 Å². The highest BCUT2D eigenvalue weighted by Gasteiger charge is 2.16. The van der Waals surface area contributed by atoms with Crippen LogP contribution >= 0.6 is 27.5 Å².